The van der Waals surface area contributed by atoms with Crippen LogP contribution in [0.25, 0.3) is 11.3 Å². The first-order valence-corrected chi connectivity index (χ1v) is 7.95. The summed E-state index contributed by atoms with van der Waals surface area (Å²) in [7, 11) is -2.19. The smallest absolute Gasteiger partial charge is 0.193 e. The Labute approximate surface area is 125 Å². The molecule has 0 saturated carbocycles. The van der Waals surface area contributed by atoms with Gasteiger partial charge in [-0.2, -0.15) is 5.10 Å². The normalized spacial score (nSPS) is 11.8. The molecule has 0 spiro atoms. The van der Waals surface area contributed by atoms with Crippen LogP contribution < -0.4 is 5.73 Å². The van der Waals surface area contributed by atoms with Crippen LogP contribution in [0.1, 0.15) is 0 Å². The topological polar surface area (TPSA) is 78.0 Å². The summed E-state index contributed by atoms with van der Waals surface area (Å²) >= 11 is 11.7. The van der Waals surface area contributed by atoms with Crippen molar-refractivity contribution in [1.82, 2.24) is 9.78 Å². The number of benzene rings is 1. The molecule has 1 aromatic carbocycles. The second-order valence-corrected chi connectivity index (χ2v) is 6.93. The van der Waals surface area contributed by atoms with E-state index in [2.05, 4.69) is 5.10 Å². The number of hydrogen-bond donors (Lipinski definition) is 1. The Bertz CT molecular complexity index is 802. The Morgan fingerprint density at radius 1 is 1.35 bits per heavy atom. The first kappa shape index (κ1) is 15.1. The van der Waals surface area contributed by atoms with Gasteiger partial charge in [0.15, 0.2) is 14.9 Å². The summed E-state index contributed by atoms with van der Waals surface area (Å²) in [5, 5.41) is 3.65. The van der Waals surface area contributed by atoms with Crippen LogP contribution in [0.4, 0.5) is 10.1 Å². The van der Waals surface area contributed by atoms with E-state index in [-0.39, 0.29) is 32.0 Å². The van der Waals surface area contributed by atoms with Gasteiger partial charge in [0.05, 0.1) is 10.7 Å². The standard InChI is InChI=1S/C11H10Cl2FN3O2S/c1-17-11(20(2,18)19)9(13)10(16-17)5-3-8(15)6(12)4-7(5)14/h3-4H,15H2,1-2H3. The Morgan fingerprint density at radius 3 is 2.45 bits per heavy atom. The maximum absolute atomic E-state index is 13.9. The predicted molar refractivity (Wildman–Crippen MR) is 76.1 cm³/mol. The fraction of sp³-hybridized carbons (Fsp3) is 0.182. The molecule has 0 aliphatic heterocycles. The van der Waals surface area contributed by atoms with Crippen LogP contribution >= 0.6 is 23.2 Å². The fourth-order valence-electron chi connectivity index (χ4n) is 1.80. The summed E-state index contributed by atoms with van der Waals surface area (Å²) in [6.07, 6.45) is 0.992. The van der Waals surface area contributed by atoms with Gasteiger partial charge in [-0.1, -0.05) is 23.2 Å². The molecule has 0 aliphatic rings. The van der Waals surface area contributed by atoms with E-state index in [4.69, 9.17) is 28.9 Å². The molecule has 5 nitrogen and oxygen atoms in total. The van der Waals surface area contributed by atoms with Gasteiger partial charge in [0.1, 0.15) is 16.5 Å². The lowest BCUT2D eigenvalue weighted by Crippen LogP contribution is -2.05. The summed E-state index contributed by atoms with van der Waals surface area (Å²) in [5.41, 5.74) is 5.74. The SMILES string of the molecule is Cn1nc(-c2cc(N)c(Cl)cc2F)c(Cl)c1S(C)(=O)=O. The summed E-state index contributed by atoms with van der Waals surface area (Å²) in [6, 6.07) is 2.29. The van der Waals surface area contributed by atoms with Crippen LogP contribution in [0, 0.1) is 5.82 Å². The Hall–Kier alpha value is -1.31. The molecule has 0 unspecified atom stereocenters. The second kappa shape index (κ2) is 4.91. The maximum Gasteiger partial charge on any atom is 0.193 e. The van der Waals surface area contributed by atoms with E-state index in [1.54, 1.807) is 0 Å². The first-order valence-electron chi connectivity index (χ1n) is 5.30. The molecule has 0 atom stereocenters. The van der Waals surface area contributed by atoms with Gasteiger partial charge in [0.2, 0.25) is 0 Å². The lowest BCUT2D eigenvalue weighted by molar-refractivity contribution is 0.583. The number of anilines is 1. The van der Waals surface area contributed by atoms with Crippen LogP contribution in [0.5, 0.6) is 0 Å². The van der Waals surface area contributed by atoms with Crippen molar-refractivity contribution in [3.63, 3.8) is 0 Å². The molecule has 2 N–H and O–H groups in total. The van der Waals surface area contributed by atoms with E-state index in [1.807, 2.05) is 0 Å². The predicted octanol–water partition coefficient (Wildman–Crippen LogP) is 2.52. The number of rotatable bonds is 2. The van der Waals surface area contributed by atoms with E-state index in [1.165, 1.54) is 13.1 Å². The number of aryl methyl sites for hydroxylation is 1. The number of sulfone groups is 1. The van der Waals surface area contributed by atoms with Crippen LogP contribution in [-0.4, -0.2) is 24.5 Å². The minimum Gasteiger partial charge on any atom is -0.398 e. The van der Waals surface area contributed by atoms with Crippen LogP contribution in [0.15, 0.2) is 17.2 Å². The maximum atomic E-state index is 13.9. The van der Waals surface area contributed by atoms with Crippen molar-refractivity contribution in [2.75, 3.05) is 12.0 Å². The van der Waals surface area contributed by atoms with Gasteiger partial charge in [-0.25, -0.2) is 12.8 Å². The van der Waals surface area contributed by atoms with Gasteiger partial charge in [-0.3, -0.25) is 4.68 Å². The number of hydrogen-bond acceptors (Lipinski definition) is 4. The van der Waals surface area contributed by atoms with Crippen LogP contribution in [-0.2, 0) is 16.9 Å². The second-order valence-electron chi connectivity index (χ2n) is 4.22. The largest absolute Gasteiger partial charge is 0.398 e. The van der Waals surface area contributed by atoms with Gasteiger partial charge in [-0.05, 0) is 12.1 Å². The Morgan fingerprint density at radius 2 is 1.95 bits per heavy atom. The van der Waals surface area contributed by atoms with E-state index >= 15 is 0 Å². The van der Waals surface area contributed by atoms with Gasteiger partial charge in [0, 0.05) is 18.9 Å². The van der Waals surface area contributed by atoms with Crippen LogP contribution in [0.3, 0.4) is 0 Å². The van der Waals surface area contributed by atoms with Crippen LogP contribution in [0.2, 0.25) is 10.0 Å². The summed E-state index contributed by atoms with van der Waals surface area (Å²) in [4.78, 5) is 0. The molecule has 0 radical (unpaired) electrons. The molecule has 0 saturated heterocycles. The van der Waals surface area contributed by atoms with Gasteiger partial charge < -0.3 is 5.73 Å². The summed E-state index contributed by atoms with van der Waals surface area (Å²) in [6.45, 7) is 0. The number of nitrogen functional groups attached to an aromatic ring is 1. The van der Waals surface area contributed by atoms with Gasteiger partial charge in [-0.15, -0.1) is 0 Å². The molecule has 0 bridgehead atoms. The zero-order valence-corrected chi connectivity index (χ0v) is 12.8. The average Bonchev–Trinajstić information content (AvgIpc) is 2.58. The zero-order valence-electron chi connectivity index (χ0n) is 10.5. The van der Waals surface area contributed by atoms with Crippen molar-refractivity contribution in [2.24, 2.45) is 7.05 Å². The highest BCUT2D eigenvalue weighted by atomic mass is 35.5. The van der Waals surface area contributed by atoms with Crippen molar-refractivity contribution >= 4 is 38.7 Å². The molecule has 108 valence electrons. The average molecular weight is 338 g/mol. The van der Waals surface area contributed by atoms with E-state index in [0.717, 1.165) is 17.0 Å². The summed E-state index contributed by atoms with van der Waals surface area (Å²) in [5.74, 6) is -0.691. The van der Waals surface area contributed by atoms with Gasteiger partial charge >= 0.3 is 0 Å². The number of nitrogens with two attached hydrogens (primary N) is 1. The number of halogens is 3. The molecular formula is C11H10Cl2FN3O2S. The lowest BCUT2D eigenvalue weighted by Gasteiger charge is -2.04. The molecule has 0 fully saturated rings. The van der Waals surface area contributed by atoms with E-state index in [9.17, 15) is 12.8 Å². The Kier molecular flexibility index (Phi) is 3.70. The van der Waals surface area contributed by atoms with E-state index < -0.39 is 15.7 Å². The number of nitrogens with zero attached hydrogens (tertiary/aromatic N) is 2. The lowest BCUT2D eigenvalue weighted by atomic mass is 10.1. The molecule has 20 heavy (non-hydrogen) atoms. The minimum atomic E-state index is -3.59. The van der Waals surface area contributed by atoms with Gasteiger partial charge in [0.25, 0.3) is 0 Å². The molecular weight excluding hydrogens is 328 g/mol. The third kappa shape index (κ3) is 2.48. The zero-order chi connectivity index (χ0) is 15.2. The molecule has 0 amide bonds. The van der Waals surface area contributed by atoms with Crippen molar-refractivity contribution in [3.05, 3.63) is 28.0 Å². The molecule has 9 heteroatoms. The first-order chi connectivity index (χ1) is 9.12. The third-order valence-electron chi connectivity index (χ3n) is 2.63. The minimum absolute atomic E-state index is 0.00421. The monoisotopic (exact) mass is 337 g/mol. The molecule has 1 heterocycles. The van der Waals surface area contributed by atoms with Crippen molar-refractivity contribution in [1.29, 1.82) is 0 Å². The quantitative estimate of drug-likeness (QED) is 0.854. The third-order valence-corrected chi connectivity index (χ3v) is 4.60. The highest BCUT2D eigenvalue weighted by Gasteiger charge is 2.25. The fourth-order valence-corrected chi connectivity index (χ4v) is 3.58. The molecule has 0 aliphatic carbocycles. The van der Waals surface area contributed by atoms with Crippen molar-refractivity contribution < 1.29 is 12.8 Å². The van der Waals surface area contributed by atoms with Crippen molar-refractivity contribution in [2.45, 2.75) is 5.03 Å². The highest BCUT2D eigenvalue weighted by Crippen LogP contribution is 2.36. The number of aromatic nitrogens is 2. The molecule has 2 aromatic rings. The van der Waals surface area contributed by atoms with E-state index in [0.29, 0.717) is 0 Å². The Balaban J connectivity index is 2.76. The highest BCUT2D eigenvalue weighted by molar-refractivity contribution is 7.90. The molecule has 2 rings (SSSR count). The molecule has 1 aromatic heterocycles. The van der Waals surface area contributed by atoms with Crippen molar-refractivity contribution in [3.8, 4) is 11.3 Å². The summed E-state index contributed by atoms with van der Waals surface area (Å²) < 4.78 is 38.3.